The van der Waals surface area contributed by atoms with E-state index in [1.54, 1.807) is 0 Å². The quantitative estimate of drug-likeness (QED) is 0.610. The summed E-state index contributed by atoms with van der Waals surface area (Å²) in [5.41, 5.74) is 0. The standard InChI is InChI=1S/C9H22NP/c1-4-9(6-10-3)5-8(2)7-11/h8-10H,4-7,11H2,1-3H3. The second kappa shape index (κ2) is 7.06. The van der Waals surface area contributed by atoms with Crippen LogP contribution in [-0.4, -0.2) is 19.8 Å². The van der Waals surface area contributed by atoms with Crippen molar-refractivity contribution in [2.75, 3.05) is 19.8 Å². The lowest BCUT2D eigenvalue weighted by Gasteiger charge is -2.17. The largest absolute Gasteiger partial charge is 0.319 e. The molecule has 3 unspecified atom stereocenters. The Hall–Kier alpha value is 0.390. The Kier molecular flexibility index (Phi) is 7.31. The van der Waals surface area contributed by atoms with E-state index in [4.69, 9.17) is 0 Å². The first-order valence-corrected chi connectivity index (χ1v) is 5.40. The Balaban J connectivity index is 3.49. The molecule has 0 aromatic carbocycles. The van der Waals surface area contributed by atoms with Crippen molar-refractivity contribution in [3.8, 4) is 0 Å². The summed E-state index contributed by atoms with van der Waals surface area (Å²) in [4.78, 5) is 0. The molecule has 0 spiro atoms. The molecule has 2 heteroatoms. The van der Waals surface area contributed by atoms with Crippen molar-refractivity contribution in [3.05, 3.63) is 0 Å². The van der Waals surface area contributed by atoms with Crippen LogP contribution in [0.25, 0.3) is 0 Å². The van der Waals surface area contributed by atoms with Gasteiger partial charge in [0.05, 0.1) is 0 Å². The maximum Gasteiger partial charge on any atom is -0.00235 e. The molecule has 0 radical (unpaired) electrons. The van der Waals surface area contributed by atoms with Crippen molar-refractivity contribution in [1.82, 2.24) is 5.32 Å². The van der Waals surface area contributed by atoms with Crippen LogP contribution in [0, 0.1) is 11.8 Å². The fourth-order valence-electron chi connectivity index (χ4n) is 1.35. The lowest BCUT2D eigenvalue weighted by Crippen LogP contribution is -2.20. The van der Waals surface area contributed by atoms with E-state index in [1.165, 1.54) is 25.5 Å². The van der Waals surface area contributed by atoms with Crippen molar-refractivity contribution in [3.63, 3.8) is 0 Å². The van der Waals surface area contributed by atoms with Gasteiger partial charge in [0.25, 0.3) is 0 Å². The summed E-state index contributed by atoms with van der Waals surface area (Å²) in [5.74, 6) is 1.73. The minimum Gasteiger partial charge on any atom is -0.319 e. The third-order valence-electron chi connectivity index (χ3n) is 2.21. The minimum atomic E-state index is 0.860. The first-order valence-electron chi connectivity index (χ1n) is 4.59. The molecule has 0 aliphatic rings. The van der Waals surface area contributed by atoms with E-state index in [2.05, 4.69) is 28.4 Å². The van der Waals surface area contributed by atoms with Crippen LogP contribution in [0.5, 0.6) is 0 Å². The summed E-state index contributed by atoms with van der Waals surface area (Å²) in [5, 5.41) is 3.24. The molecular weight excluding hydrogens is 153 g/mol. The number of hydrogen-bond donors (Lipinski definition) is 1. The van der Waals surface area contributed by atoms with Gasteiger partial charge in [0, 0.05) is 0 Å². The van der Waals surface area contributed by atoms with Gasteiger partial charge in [0.1, 0.15) is 0 Å². The summed E-state index contributed by atoms with van der Waals surface area (Å²) < 4.78 is 0. The Morgan fingerprint density at radius 2 is 2.09 bits per heavy atom. The molecule has 3 atom stereocenters. The summed E-state index contributed by atoms with van der Waals surface area (Å²) in [7, 11) is 4.86. The van der Waals surface area contributed by atoms with Crippen molar-refractivity contribution < 1.29 is 0 Å². The lowest BCUT2D eigenvalue weighted by molar-refractivity contribution is 0.390. The van der Waals surface area contributed by atoms with Crippen LogP contribution < -0.4 is 5.32 Å². The highest BCUT2D eigenvalue weighted by molar-refractivity contribution is 7.16. The average molecular weight is 175 g/mol. The van der Waals surface area contributed by atoms with E-state index in [0.717, 1.165) is 11.8 Å². The first-order chi connectivity index (χ1) is 5.24. The van der Waals surface area contributed by atoms with Crippen molar-refractivity contribution in [2.45, 2.75) is 26.7 Å². The Bertz CT molecular complexity index is 85.6. The van der Waals surface area contributed by atoms with Crippen LogP contribution >= 0.6 is 9.24 Å². The van der Waals surface area contributed by atoms with Crippen molar-refractivity contribution >= 4 is 9.24 Å². The van der Waals surface area contributed by atoms with E-state index in [9.17, 15) is 0 Å². The van der Waals surface area contributed by atoms with Gasteiger partial charge in [0.15, 0.2) is 0 Å². The van der Waals surface area contributed by atoms with Gasteiger partial charge < -0.3 is 5.32 Å². The molecule has 1 N–H and O–H groups in total. The molecule has 0 aromatic heterocycles. The summed E-state index contributed by atoms with van der Waals surface area (Å²) in [6.07, 6.45) is 3.90. The molecule has 0 amide bonds. The zero-order valence-corrected chi connectivity index (χ0v) is 9.22. The van der Waals surface area contributed by atoms with Crippen LogP contribution in [0.4, 0.5) is 0 Å². The second-order valence-electron chi connectivity index (χ2n) is 3.41. The van der Waals surface area contributed by atoms with Crippen LogP contribution in [-0.2, 0) is 0 Å². The zero-order valence-electron chi connectivity index (χ0n) is 8.06. The second-order valence-corrected chi connectivity index (χ2v) is 3.88. The van der Waals surface area contributed by atoms with Crippen LogP contribution in [0.15, 0.2) is 0 Å². The Labute approximate surface area is 73.5 Å². The zero-order chi connectivity index (χ0) is 8.69. The number of nitrogens with one attached hydrogen (secondary N) is 1. The maximum absolute atomic E-state index is 3.24. The molecule has 0 saturated carbocycles. The Morgan fingerprint density at radius 1 is 1.45 bits per heavy atom. The third-order valence-corrected chi connectivity index (χ3v) is 3.01. The van der Waals surface area contributed by atoms with Gasteiger partial charge in [-0.05, 0) is 38.0 Å². The molecule has 11 heavy (non-hydrogen) atoms. The van der Waals surface area contributed by atoms with Gasteiger partial charge >= 0.3 is 0 Å². The van der Waals surface area contributed by atoms with Gasteiger partial charge in [-0.2, -0.15) is 0 Å². The van der Waals surface area contributed by atoms with Gasteiger partial charge in [-0.25, -0.2) is 0 Å². The highest BCUT2D eigenvalue weighted by atomic mass is 31.0. The fourth-order valence-corrected chi connectivity index (χ4v) is 1.54. The summed E-state index contributed by atoms with van der Waals surface area (Å²) in [6, 6.07) is 0. The minimum absolute atomic E-state index is 0.860. The lowest BCUT2D eigenvalue weighted by atomic mass is 9.95. The highest BCUT2D eigenvalue weighted by Gasteiger charge is 2.08. The first kappa shape index (κ1) is 11.4. The van der Waals surface area contributed by atoms with E-state index in [-0.39, 0.29) is 0 Å². The molecule has 0 heterocycles. The monoisotopic (exact) mass is 175 g/mol. The summed E-state index contributed by atoms with van der Waals surface area (Å²) in [6.45, 7) is 5.77. The molecule has 68 valence electrons. The predicted octanol–water partition coefficient (Wildman–Crippen LogP) is 2.13. The van der Waals surface area contributed by atoms with Crippen molar-refractivity contribution in [2.24, 2.45) is 11.8 Å². The molecular formula is C9H22NP. The highest BCUT2D eigenvalue weighted by Crippen LogP contribution is 2.16. The smallest absolute Gasteiger partial charge is 0.00235 e. The molecule has 1 nitrogen and oxygen atoms in total. The topological polar surface area (TPSA) is 12.0 Å². The van der Waals surface area contributed by atoms with Crippen LogP contribution in [0.2, 0.25) is 0 Å². The molecule has 0 rings (SSSR count). The number of hydrogen-bond acceptors (Lipinski definition) is 1. The van der Waals surface area contributed by atoms with E-state index in [1.807, 2.05) is 7.05 Å². The van der Waals surface area contributed by atoms with Crippen LogP contribution in [0.3, 0.4) is 0 Å². The van der Waals surface area contributed by atoms with E-state index < -0.39 is 0 Å². The molecule has 0 fully saturated rings. The third kappa shape index (κ3) is 5.64. The normalized spacial score (nSPS) is 16.4. The fraction of sp³-hybridized carbons (Fsp3) is 1.00. The van der Waals surface area contributed by atoms with Crippen LogP contribution in [0.1, 0.15) is 26.7 Å². The van der Waals surface area contributed by atoms with E-state index >= 15 is 0 Å². The van der Waals surface area contributed by atoms with Gasteiger partial charge in [0.2, 0.25) is 0 Å². The Morgan fingerprint density at radius 3 is 2.45 bits per heavy atom. The number of rotatable bonds is 6. The van der Waals surface area contributed by atoms with Gasteiger partial charge in [-0.1, -0.05) is 20.3 Å². The maximum atomic E-state index is 3.24. The van der Waals surface area contributed by atoms with Gasteiger partial charge in [-0.15, -0.1) is 9.24 Å². The molecule has 0 aromatic rings. The van der Waals surface area contributed by atoms with E-state index in [0.29, 0.717) is 0 Å². The molecule has 0 bridgehead atoms. The SMILES string of the molecule is CCC(CNC)CC(C)CP. The summed E-state index contributed by atoms with van der Waals surface area (Å²) >= 11 is 0. The van der Waals surface area contributed by atoms with Crippen molar-refractivity contribution in [1.29, 1.82) is 0 Å². The van der Waals surface area contributed by atoms with Gasteiger partial charge in [-0.3, -0.25) is 0 Å². The predicted molar refractivity (Wildman–Crippen MR) is 56.1 cm³/mol. The molecule has 0 saturated heterocycles. The molecule has 0 aliphatic heterocycles. The average Bonchev–Trinajstić information content (AvgIpc) is 2.03. The molecule has 0 aliphatic carbocycles.